The molecule has 0 bridgehead atoms. The van der Waals surface area contributed by atoms with Crippen LogP contribution in [-0.4, -0.2) is 21.2 Å². The van der Waals surface area contributed by atoms with E-state index in [-0.39, 0.29) is 35.9 Å². The normalized spacial score (nSPS) is 11.9. The van der Waals surface area contributed by atoms with Gasteiger partial charge in [-0.15, -0.1) is 11.3 Å². The highest BCUT2D eigenvalue weighted by molar-refractivity contribution is 7.07. The van der Waals surface area contributed by atoms with Crippen LogP contribution in [0.25, 0.3) is 0 Å². The summed E-state index contributed by atoms with van der Waals surface area (Å²) >= 11 is 1.21. The van der Waals surface area contributed by atoms with Crippen molar-refractivity contribution in [1.82, 2.24) is 9.55 Å². The van der Waals surface area contributed by atoms with E-state index in [4.69, 9.17) is 0 Å². The lowest BCUT2D eigenvalue weighted by Crippen LogP contribution is -2.24. The van der Waals surface area contributed by atoms with E-state index in [9.17, 15) is 40.7 Å². The lowest BCUT2D eigenvalue weighted by molar-refractivity contribution is -0.143. The summed E-state index contributed by atoms with van der Waals surface area (Å²) in [5, 5.41) is 3.98. The average Bonchev–Trinajstić information content (AvgIpc) is 3.28. The van der Waals surface area contributed by atoms with E-state index in [1.165, 1.54) is 34.5 Å². The maximum absolute atomic E-state index is 13.0. The van der Waals surface area contributed by atoms with Gasteiger partial charge in [0, 0.05) is 29.8 Å². The van der Waals surface area contributed by atoms with E-state index < -0.39 is 47.3 Å². The Bertz CT molecular complexity index is 1220. The number of nitrogens with one attached hydrogen (secondary N) is 1. The van der Waals surface area contributed by atoms with Gasteiger partial charge in [0.1, 0.15) is 5.69 Å². The molecule has 2 aromatic heterocycles. The fourth-order valence-corrected chi connectivity index (χ4v) is 3.48. The fraction of sp³-hybridized carbons (Fsp3) is 0.238. The van der Waals surface area contributed by atoms with Gasteiger partial charge in [-0.05, 0) is 36.2 Å². The number of pyridine rings is 1. The number of amides is 1. The van der Waals surface area contributed by atoms with Gasteiger partial charge in [0.25, 0.3) is 11.5 Å². The highest BCUT2D eigenvalue weighted by Crippen LogP contribution is 2.36. The Morgan fingerprint density at radius 2 is 1.65 bits per heavy atom. The lowest BCUT2D eigenvalue weighted by Gasteiger charge is -2.14. The molecule has 0 aliphatic rings. The van der Waals surface area contributed by atoms with Crippen molar-refractivity contribution in [2.24, 2.45) is 0 Å². The number of aromatic nitrogens is 2. The minimum absolute atomic E-state index is 0.0135. The quantitative estimate of drug-likeness (QED) is 0.470. The van der Waals surface area contributed by atoms with Gasteiger partial charge in [-0.2, -0.15) is 26.3 Å². The Balaban J connectivity index is 1.66. The number of carbonyl (C=O) groups is 2. The molecule has 0 aliphatic carbocycles. The number of benzene rings is 1. The van der Waals surface area contributed by atoms with Crippen molar-refractivity contribution in [2.75, 3.05) is 5.32 Å². The summed E-state index contributed by atoms with van der Waals surface area (Å²) in [6.07, 6.45) is -9.48. The first-order valence-corrected chi connectivity index (χ1v) is 10.5. The lowest BCUT2D eigenvalue weighted by atomic mass is 10.0. The van der Waals surface area contributed by atoms with Crippen LogP contribution < -0.4 is 10.9 Å². The van der Waals surface area contributed by atoms with Gasteiger partial charge < -0.3 is 9.88 Å². The SMILES string of the molecule is O=C(CCc1cc(C(F)(F)F)cc(C(F)(F)F)c1)Cn1ccc(NC(=O)c2cscn2)cc1=O. The van der Waals surface area contributed by atoms with Crippen molar-refractivity contribution in [2.45, 2.75) is 31.7 Å². The number of thiazole rings is 1. The first-order chi connectivity index (χ1) is 15.8. The second-order valence-electron chi connectivity index (χ2n) is 7.16. The largest absolute Gasteiger partial charge is 0.416 e. The predicted octanol–water partition coefficient (Wildman–Crippen LogP) is 4.80. The van der Waals surface area contributed by atoms with Crippen molar-refractivity contribution in [3.8, 4) is 0 Å². The summed E-state index contributed by atoms with van der Waals surface area (Å²) in [5.41, 5.74) is -2.08. The zero-order valence-electron chi connectivity index (χ0n) is 17.0. The molecule has 3 aromatic rings. The molecule has 3 rings (SSSR count). The van der Waals surface area contributed by atoms with E-state index in [0.717, 1.165) is 10.6 Å². The number of anilines is 1. The van der Waals surface area contributed by atoms with Crippen LogP contribution in [0.5, 0.6) is 0 Å². The van der Waals surface area contributed by atoms with Crippen molar-refractivity contribution in [3.05, 3.63) is 80.2 Å². The molecule has 0 saturated carbocycles. The molecule has 0 atom stereocenters. The summed E-state index contributed by atoms with van der Waals surface area (Å²) in [6, 6.07) is 3.57. The van der Waals surface area contributed by atoms with Gasteiger partial charge >= 0.3 is 12.4 Å². The van der Waals surface area contributed by atoms with Crippen LogP contribution in [0.3, 0.4) is 0 Å². The average molecular weight is 503 g/mol. The monoisotopic (exact) mass is 503 g/mol. The van der Waals surface area contributed by atoms with Crippen molar-refractivity contribution >= 4 is 28.7 Å². The van der Waals surface area contributed by atoms with E-state index in [2.05, 4.69) is 10.3 Å². The maximum Gasteiger partial charge on any atom is 0.416 e. The highest BCUT2D eigenvalue weighted by atomic mass is 32.1. The van der Waals surface area contributed by atoms with Crippen LogP contribution >= 0.6 is 11.3 Å². The van der Waals surface area contributed by atoms with Crippen LogP contribution in [-0.2, 0) is 30.1 Å². The molecule has 1 aromatic carbocycles. The molecule has 0 saturated heterocycles. The maximum atomic E-state index is 13.0. The van der Waals surface area contributed by atoms with Crippen LogP contribution in [0.1, 0.15) is 33.6 Å². The van der Waals surface area contributed by atoms with Crippen molar-refractivity contribution < 1.29 is 35.9 Å². The van der Waals surface area contributed by atoms with Gasteiger partial charge in [0.05, 0.1) is 23.2 Å². The Morgan fingerprint density at radius 3 is 2.18 bits per heavy atom. The standard InChI is InChI=1S/C21H15F6N3O3S/c22-20(23,24)13-5-12(6-14(7-13)21(25,26)27)1-2-16(31)9-30-4-3-15(8-18(30)32)29-19(33)17-10-34-11-28-17/h3-8,10-11H,1-2,9H2,(H,29,33). The first kappa shape index (κ1) is 25.1. The molecule has 0 spiro atoms. The smallest absolute Gasteiger partial charge is 0.320 e. The van der Waals surface area contributed by atoms with Crippen molar-refractivity contribution in [3.63, 3.8) is 0 Å². The minimum atomic E-state index is -4.98. The Labute approximate surface area is 191 Å². The number of Topliss-reactive ketones (excluding diaryl/α,β-unsaturated/α-hetero) is 1. The highest BCUT2D eigenvalue weighted by Gasteiger charge is 2.36. The summed E-state index contributed by atoms with van der Waals surface area (Å²) in [6.45, 7) is -0.440. The van der Waals surface area contributed by atoms with Crippen molar-refractivity contribution in [1.29, 1.82) is 0 Å². The number of carbonyl (C=O) groups excluding carboxylic acids is 2. The number of hydrogen-bond acceptors (Lipinski definition) is 5. The zero-order chi connectivity index (χ0) is 25.1. The number of aryl methyl sites for hydroxylation is 1. The molecule has 0 radical (unpaired) electrons. The van der Waals surface area contributed by atoms with E-state index >= 15 is 0 Å². The molecule has 1 amide bonds. The van der Waals surface area contributed by atoms with Crippen LogP contribution in [0, 0.1) is 0 Å². The summed E-state index contributed by atoms with van der Waals surface area (Å²) in [5.74, 6) is -1.11. The third kappa shape index (κ3) is 6.53. The summed E-state index contributed by atoms with van der Waals surface area (Å²) < 4.78 is 78.7. The first-order valence-electron chi connectivity index (χ1n) is 9.53. The predicted molar refractivity (Wildman–Crippen MR) is 111 cm³/mol. The summed E-state index contributed by atoms with van der Waals surface area (Å²) in [7, 11) is 0. The van der Waals surface area contributed by atoms with Gasteiger partial charge in [0.2, 0.25) is 0 Å². The summed E-state index contributed by atoms with van der Waals surface area (Å²) in [4.78, 5) is 40.3. The molecule has 0 aliphatic heterocycles. The molecule has 0 fully saturated rings. The molecule has 180 valence electrons. The van der Waals surface area contributed by atoms with E-state index in [1.54, 1.807) is 0 Å². The van der Waals surface area contributed by atoms with Crippen LogP contribution in [0.15, 0.2) is 52.2 Å². The third-order valence-electron chi connectivity index (χ3n) is 4.61. The number of hydrogen-bond donors (Lipinski definition) is 1. The van der Waals surface area contributed by atoms with Gasteiger partial charge in [-0.3, -0.25) is 14.4 Å². The van der Waals surface area contributed by atoms with Gasteiger partial charge in [0.15, 0.2) is 5.78 Å². The third-order valence-corrected chi connectivity index (χ3v) is 5.19. The second kappa shape index (κ2) is 9.79. The molecular formula is C21H15F6N3O3S. The topological polar surface area (TPSA) is 81.1 Å². The number of alkyl halides is 6. The Kier molecular flexibility index (Phi) is 7.24. The van der Waals surface area contributed by atoms with Gasteiger partial charge in [-0.1, -0.05) is 0 Å². The Hall–Kier alpha value is -3.48. The molecule has 0 unspecified atom stereocenters. The van der Waals surface area contributed by atoms with E-state index in [0.29, 0.717) is 12.1 Å². The van der Waals surface area contributed by atoms with Crippen LogP contribution in [0.4, 0.5) is 32.0 Å². The fourth-order valence-electron chi connectivity index (χ4n) is 2.95. The number of ketones is 1. The van der Waals surface area contributed by atoms with Gasteiger partial charge in [-0.25, -0.2) is 4.98 Å². The second-order valence-corrected chi connectivity index (χ2v) is 7.88. The number of rotatable bonds is 7. The molecule has 34 heavy (non-hydrogen) atoms. The van der Waals surface area contributed by atoms with Crippen LogP contribution in [0.2, 0.25) is 0 Å². The molecule has 13 heteroatoms. The molecule has 2 heterocycles. The molecule has 6 nitrogen and oxygen atoms in total. The number of nitrogens with zero attached hydrogens (tertiary/aromatic N) is 2. The van der Waals surface area contributed by atoms with E-state index in [1.807, 2.05) is 0 Å². The number of halogens is 6. The molecule has 1 N–H and O–H groups in total. The minimum Gasteiger partial charge on any atom is -0.320 e. The molecular weight excluding hydrogens is 488 g/mol. The Morgan fingerprint density at radius 1 is 1.00 bits per heavy atom. The zero-order valence-corrected chi connectivity index (χ0v) is 17.9.